The molecule has 2 rings (SSSR count). The topological polar surface area (TPSA) is 29.5 Å². The molecule has 1 N–H and O–H groups in total. The van der Waals surface area contributed by atoms with Crippen LogP contribution in [0.2, 0.25) is 18.1 Å². The number of fused-ring (bicyclic) bond motifs is 1. The molecule has 3 atom stereocenters. The van der Waals surface area contributed by atoms with E-state index in [0.717, 1.165) is 12.8 Å². The first kappa shape index (κ1) is 18.2. The van der Waals surface area contributed by atoms with E-state index in [-0.39, 0.29) is 0 Å². The first-order valence-corrected chi connectivity index (χ1v) is 12.1. The van der Waals surface area contributed by atoms with Gasteiger partial charge in [-0.15, -0.1) is 0 Å². The quantitative estimate of drug-likeness (QED) is 0.486. The summed E-state index contributed by atoms with van der Waals surface area (Å²) in [5.74, 6) is 0.687. The fraction of sp³-hybridized carbons (Fsp3) is 0.895. The second-order valence-electron chi connectivity index (χ2n) is 7.61. The van der Waals surface area contributed by atoms with Crippen molar-refractivity contribution in [1.29, 1.82) is 0 Å². The molecule has 0 aliphatic heterocycles. The summed E-state index contributed by atoms with van der Waals surface area (Å²) in [5, 5.41) is 9.16. The van der Waals surface area contributed by atoms with Gasteiger partial charge in [-0.3, -0.25) is 0 Å². The van der Waals surface area contributed by atoms with Crippen molar-refractivity contribution in [3.05, 3.63) is 11.6 Å². The lowest BCUT2D eigenvalue weighted by Crippen LogP contribution is -2.47. The van der Waals surface area contributed by atoms with E-state index in [2.05, 4.69) is 33.8 Å². The molecular formula is C19H36O2Si. The van der Waals surface area contributed by atoms with Crippen LogP contribution in [0.15, 0.2) is 11.6 Å². The predicted octanol–water partition coefficient (Wildman–Crippen LogP) is 5.29. The molecule has 22 heavy (non-hydrogen) atoms. The Morgan fingerprint density at radius 3 is 2.55 bits per heavy atom. The van der Waals surface area contributed by atoms with Crippen LogP contribution >= 0.6 is 0 Å². The zero-order chi connectivity index (χ0) is 16.2. The highest BCUT2D eigenvalue weighted by atomic mass is 28.4. The normalized spacial score (nSPS) is 32.0. The molecule has 0 aromatic carbocycles. The summed E-state index contributed by atoms with van der Waals surface area (Å²) in [6.07, 6.45) is 10.0. The Balaban J connectivity index is 2.10. The van der Waals surface area contributed by atoms with E-state index in [9.17, 15) is 0 Å². The highest BCUT2D eigenvalue weighted by molar-refractivity contribution is 6.73. The van der Waals surface area contributed by atoms with Crippen molar-refractivity contribution in [3.63, 3.8) is 0 Å². The van der Waals surface area contributed by atoms with Gasteiger partial charge in [0.05, 0.1) is 0 Å². The van der Waals surface area contributed by atoms with Gasteiger partial charge in [-0.25, -0.2) is 0 Å². The van der Waals surface area contributed by atoms with E-state index in [1.54, 1.807) is 5.57 Å². The first-order chi connectivity index (χ1) is 10.5. The Morgan fingerprint density at radius 2 is 1.95 bits per heavy atom. The molecule has 1 saturated carbocycles. The van der Waals surface area contributed by atoms with Crippen molar-refractivity contribution in [3.8, 4) is 0 Å². The predicted molar refractivity (Wildman–Crippen MR) is 96.5 cm³/mol. The van der Waals surface area contributed by atoms with Gasteiger partial charge in [0.2, 0.25) is 0 Å². The monoisotopic (exact) mass is 324 g/mol. The van der Waals surface area contributed by atoms with Crippen LogP contribution in [0.3, 0.4) is 0 Å². The van der Waals surface area contributed by atoms with E-state index < -0.39 is 8.32 Å². The summed E-state index contributed by atoms with van der Waals surface area (Å²) >= 11 is 0. The molecule has 128 valence electrons. The Kier molecular flexibility index (Phi) is 6.32. The number of aliphatic hydroxyl groups is 1. The zero-order valence-corrected chi connectivity index (χ0v) is 16.2. The smallest absolute Gasteiger partial charge is 0.192 e. The second kappa shape index (κ2) is 7.63. The van der Waals surface area contributed by atoms with Gasteiger partial charge in [-0.2, -0.15) is 0 Å². The maximum absolute atomic E-state index is 9.16. The molecule has 0 bridgehead atoms. The molecule has 0 spiro atoms. The lowest BCUT2D eigenvalue weighted by Gasteiger charge is -2.47. The van der Waals surface area contributed by atoms with E-state index in [1.807, 2.05) is 0 Å². The van der Waals surface area contributed by atoms with Crippen molar-refractivity contribution in [1.82, 2.24) is 0 Å². The fourth-order valence-corrected chi connectivity index (χ4v) is 7.82. The molecule has 0 radical (unpaired) electrons. The summed E-state index contributed by atoms with van der Waals surface area (Å²) < 4.78 is 6.91. The molecular weight excluding hydrogens is 288 g/mol. The van der Waals surface area contributed by atoms with Crippen LogP contribution in [0.25, 0.3) is 0 Å². The summed E-state index contributed by atoms with van der Waals surface area (Å²) in [7, 11) is -1.51. The van der Waals surface area contributed by atoms with E-state index in [4.69, 9.17) is 9.53 Å². The van der Waals surface area contributed by atoms with E-state index >= 15 is 0 Å². The molecule has 2 aliphatic carbocycles. The SMILES string of the molecule is CC[Si](CC)(CC)OC1CCC[C@]2(C)C(CCCO)=CC[C@@H]12. The zero-order valence-electron chi connectivity index (χ0n) is 15.2. The minimum absolute atomic E-state index is 0.315. The maximum atomic E-state index is 9.16. The average molecular weight is 325 g/mol. The molecule has 2 nitrogen and oxygen atoms in total. The van der Waals surface area contributed by atoms with Crippen LogP contribution in [0, 0.1) is 11.3 Å². The number of allylic oxidation sites excluding steroid dienone is 2. The highest BCUT2D eigenvalue weighted by Crippen LogP contribution is 2.55. The Hall–Kier alpha value is -0.123. The number of aliphatic hydroxyl groups excluding tert-OH is 1. The van der Waals surface area contributed by atoms with Crippen LogP contribution < -0.4 is 0 Å². The summed E-state index contributed by atoms with van der Waals surface area (Å²) in [6.45, 7) is 9.79. The molecule has 1 fully saturated rings. The summed E-state index contributed by atoms with van der Waals surface area (Å²) in [4.78, 5) is 0. The average Bonchev–Trinajstić information content (AvgIpc) is 2.88. The van der Waals surface area contributed by atoms with Gasteiger partial charge in [-0.1, -0.05) is 45.8 Å². The molecule has 0 aromatic rings. The van der Waals surface area contributed by atoms with Crippen LogP contribution in [-0.4, -0.2) is 26.1 Å². The van der Waals surface area contributed by atoms with Crippen molar-refractivity contribution in [2.75, 3.05) is 6.61 Å². The maximum Gasteiger partial charge on any atom is 0.192 e. The fourth-order valence-electron chi connectivity index (χ4n) is 4.90. The largest absolute Gasteiger partial charge is 0.414 e. The Labute approximate surface area is 138 Å². The van der Waals surface area contributed by atoms with E-state index in [0.29, 0.717) is 24.0 Å². The van der Waals surface area contributed by atoms with Crippen molar-refractivity contribution < 1.29 is 9.53 Å². The molecule has 2 aliphatic rings. The minimum Gasteiger partial charge on any atom is -0.414 e. The molecule has 0 aromatic heterocycles. The second-order valence-corrected chi connectivity index (χ2v) is 12.3. The van der Waals surface area contributed by atoms with Crippen molar-refractivity contribution in [2.45, 2.75) is 90.5 Å². The van der Waals surface area contributed by atoms with Crippen LogP contribution in [-0.2, 0) is 4.43 Å². The Bertz CT molecular complexity index is 381. The van der Waals surface area contributed by atoms with Gasteiger partial charge in [0.15, 0.2) is 8.32 Å². The lowest BCUT2D eigenvalue weighted by atomic mass is 9.64. The molecule has 0 amide bonds. The van der Waals surface area contributed by atoms with Crippen LogP contribution in [0.5, 0.6) is 0 Å². The third-order valence-electron chi connectivity index (χ3n) is 6.74. The molecule has 3 heteroatoms. The van der Waals surface area contributed by atoms with Crippen LogP contribution in [0.4, 0.5) is 0 Å². The first-order valence-electron chi connectivity index (χ1n) is 9.53. The summed E-state index contributed by atoms with van der Waals surface area (Å²) in [6, 6.07) is 3.76. The third kappa shape index (κ3) is 3.37. The van der Waals surface area contributed by atoms with Crippen molar-refractivity contribution in [2.24, 2.45) is 11.3 Å². The number of hydrogen-bond donors (Lipinski definition) is 1. The standard InChI is InChI=1S/C19H36O2Si/c1-5-22(6-2,7-3)21-18-11-8-14-19(4)16(10-9-15-20)12-13-17(18)19/h12,17-18,20H,5-11,13-15H2,1-4H3/t17-,18?,19+/m0/s1. The van der Waals surface area contributed by atoms with Gasteiger partial charge >= 0.3 is 0 Å². The van der Waals surface area contributed by atoms with Crippen molar-refractivity contribution >= 4 is 8.32 Å². The van der Waals surface area contributed by atoms with Crippen LogP contribution in [0.1, 0.15) is 66.2 Å². The van der Waals surface area contributed by atoms with Gasteiger partial charge in [0, 0.05) is 12.7 Å². The number of hydrogen-bond acceptors (Lipinski definition) is 2. The number of rotatable bonds is 8. The van der Waals surface area contributed by atoms with Gasteiger partial charge in [0.25, 0.3) is 0 Å². The van der Waals surface area contributed by atoms with Gasteiger partial charge in [-0.05, 0) is 61.6 Å². The Morgan fingerprint density at radius 1 is 1.27 bits per heavy atom. The minimum atomic E-state index is -1.51. The third-order valence-corrected chi connectivity index (χ3v) is 11.4. The lowest BCUT2D eigenvalue weighted by molar-refractivity contribution is 0.0196. The molecule has 0 heterocycles. The van der Waals surface area contributed by atoms with E-state index in [1.165, 1.54) is 43.8 Å². The molecule has 1 unspecified atom stereocenters. The van der Waals surface area contributed by atoms with Gasteiger partial charge < -0.3 is 9.53 Å². The highest BCUT2D eigenvalue weighted by Gasteiger charge is 2.48. The van der Waals surface area contributed by atoms with Gasteiger partial charge in [0.1, 0.15) is 0 Å². The summed E-state index contributed by atoms with van der Waals surface area (Å²) in [5.41, 5.74) is 1.95. The molecule has 0 saturated heterocycles.